The first-order valence-corrected chi connectivity index (χ1v) is 10.2. The van der Waals surface area contributed by atoms with Crippen LogP contribution in [0.1, 0.15) is 31.9 Å². The van der Waals surface area contributed by atoms with Gasteiger partial charge in [-0.05, 0) is 37.7 Å². The molecule has 0 radical (unpaired) electrons. The highest BCUT2D eigenvalue weighted by molar-refractivity contribution is 6.31. The van der Waals surface area contributed by atoms with Crippen molar-refractivity contribution in [2.45, 2.75) is 33.9 Å². The third-order valence-electron chi connectivity index (χ3n) is 4.57. The Morgan fingerprint density at radius 2 is 1.71 bits per heavy atom. The molecule has 4 nitrogen and oxygen atoms in total. The van der Waals surface area contributed by atoms with Crippen LogP contribution in [0.15, 0.2) is 36.4 Å². The number of likely N-dealkylation sites (N-methyl/N-ethyl adjacent to an activating group) is 1. The monoisotopic (exact) mass is 408 g/mol. The maximum atomic E-state index is 13.8. The van der Waals surface area contributed by atoms with Crippen molar-refractivity contribution in [2.75, 3.05) is 32.8 Å². The minimum atomic E-state index is -0.291. The minimum absolute atomic E-state index is 0.116. The van der Waals surface area contributed by atoms with Crippen LogP contribution in [0.2, 0.25) is 5.02 Å². The number of nitrogens with zero attached hydrogens (tertiary/aromatic N) is 1. The summed E-state index contributed by atoms with van der Waals surface area (Å²) in [6, 6.07) is 10.2. The van der Waals surface area contributed by atoms with E-state index in [1.807, 2.05) is 13.0 Å². The Kier molecular flexibility index (Phi) is 9.55. The number of ether oxygens (including phenoxy) is 2. The van der Waals surface area contributed by atoms with Gasteiger partial charge >= 0.3 is 0 Å². The first kappa shape index (κ1) is 22.5. The van der Waals surface area contributed by atoms with Crippen molar-refractivity contribution in [3.8, 4) is 11.5 Å². The fourth-order valence-electron chi connectivity index (χ4n) is 2.86. The van der Waals surface area contributed by atoms with Gasteiger partial charge in [-0.1, -0.05) is 43.6 Å². The standard InChI is InChI=1S/C22H30ClFN2O2/c1-4-26(5-2)12-11-25-15-18-13-21(27-6-3)22(14-19(18)23)28-16-17-9-7-8-10-20(17)24/h7-10,13-14,25H,4-6,11-12,15-16H2,1-3H3. The topological polar surface area (TPSA) is 33.7 Å². The highest BCUT2D eigenvalue weighted by Gasteiger charge is 2.12. The summed E-state index contributed by atoms with van der Waals surface area (Å²) < 4.78 is 25.3. The number of hydrogen-bond donors (Lipinski definition) is 1. The molecule has 6 heteroatoms. The van der Waals surface area contributed by atoms with Crippen LogP contribution in [0.5, 0.6) is 11.5 Å². The molecule has 0 fully saturated rings. The zero-order valence-electron chi connectivity index (χ0n) is 16.9. The molecule has 2 rings (SSSR count). The quantitative estimate of drug-likeness (QED) is 0.507. The Bertz CT molecular complexity index is 738. The van der Waals surface area contributed by atoms with Gasteiger partial charge < -0.3 is 19.7 Å². The summed E-state index contributed by atoms with van der Waals surface area (Å²) in [5, 5.41) is 4.02. The molecule has 0 amide bonds. The first-order valence-electron chi connectivity index (χ1n) is 9.83. The summed E-state index contributed by atoms with van der Waals surface area (Å²) in [7, 11) is 0. The Balaban J connectivity index is 2.02. The molecule has 0 heterocycles. The fourth-order valence-corrected chi connectivity index (χ4v) is 3.09. The van der Waals surface area contributed by atoms with Gasteiger partial charge in [0.15, 0.2) is 11.5 Å². The van der Waals surface area contributed by atoms with E-state index in [4.69, 9.17) is 21.1 Å². The smallest absolute Gasteiger partial charge is 0.163 e. The lowest BCUT2D eigenvalue weighted by molar-refractivity contribution is 0.265. The van der Waals surface area contributed by atoms with Gasteiger partial charge in [0, 0.05) is 36.3 Å². The largest absolute Gasteiger partial charge is 0.490 e. The molecule has 1 N–H and O–H groups in total. The van der Waals surface area contributed by atoms with Crippen LogP contribution in [0.3, 0.4) is 0 Å². The number of rotatable bonds is 12. The molecule has 0 aliphatic rings. The van der Waals surface area contributed by atoms with Crippen molar-refractivity contribution < 1.29 is 13.9 Å². The summed E-state index contributed by atoms with van der Waals surface area (Å²) in [5.74, 6) is 0.839. The second kappa shape index (κ2) is 11.9. The maximum Gasteiger partial charge on any atom is 0.163 e. The normalized spacial score (nSPS) is 11.1. The molecule has 0 aliphatic carbocycles. The van der Waals surface area contributed by atoms with Crippen molar-refractivity contribution in [3.05, 3.63) is 58.4 Å². The molecule has 0 bridgehead atoms. The van der Waals surface area contributed by atoms with E-state index in [1.54, 1.807) is 24.3 Å². The van der Waals surface area contributed by atoms with Crippen LogP contribution in [0, 0.1) is 5.82 Å². The Labute approximate surface area is 172 Å². The minimum Gasteiger partial charge on any atom is -0.490 e. The van der Waals surface area contributed by atoms with Crippen molar-refractivity contribution >= 4 is 11.6 Å². The number of hydrogen-bond acceptors (Lipinski definition) is 4. The van der Waals surface area contributed by atoms with E-state index in [1.165, 1.54) is 6.07 Å². The van der Waals surface area contributed by atoms with E-state index in [0.29, 0.717) is 35.2 Å². The molecule has 154 valence electrons. The molecule has 0 saturated heterocycles. The molecule has 2 aromatic carbocycles. The van der Waals surface area contributed by atoms with Gasteiger partial charge in [0.2, 0.25) is 0 Å². The van der Waals surface area contributed by atoms with Crippen LogP contribution < -0.4 is 14.8 Å². The molecule has 28 heavy (non-hydrogen) atoms. The molecule has 0 unspecified atom stereocenters. The molecular weight excluding hydrogens is 379 g/mol. The second-order valence-electron chi connectivity index (χ2n) is 6.41. The molecule has 0 aromatic heterocycles. The summed E-state index contributed by atoms with van der Waals surface area (Å²) in [6.07, 6.45) is 0. The zero-order valence-corrected chi connectivity index (χ0v) is 17.7. The van der Waals surface area contributed by atoms with Gasteiger partial charge in [0.25, 0.3) is 0 Å². The van der Waals surface area contributed by atoms with Crippen LogP contribution in [-0.4, -0.2) is 37.7 Å². The predicted molar refractivity (Wildman–Crippen MR) is 113 cm³/mol. The van der Waals surface area contributed by atoms with Gasteiger partial charge in [-0.2, -0.15) is 0 Å². The highest BCUT2D eigenvalue weighted by atomic mass is 35.5. The molecule has 0 aliphatic heterocycles. The molecule has 0 saturated carbocycles. The molecule has 2 aromatic rings. The zero-order chi connectivity index (χ0) is 20.4. The van der Waals surface area contributed by atoms with Crippen LogP contribution in [0.4, 0.5) is 4.39 Å². The molecule has 0 spiro atoms. The van der Waals surface area contributed by atoms with Crippen molar-refractivity contribution in [1.82, 2.24) is 10.2 Å². The second-order valence-corrected chi connectivity index (χ2v) is 6.81. The number of halogens is 2. The van der Waals surface area contributed by atoms with E-state index in [0.717, 1.165) is 31.7 Å². The lowest BCUT2D eigenvalue weighted by Gasteiger charge is -2.19. The summed E-state index contributed by atoms with van der Waals surface area (Å²) in [5.41, 5.74) is 1.44. The summed E-state index contributed by atoms with van der Waals surface area (Å²) in [6.45, 7) is 11.5. The SMILES string of the molecule is CCOc1cc(CNCCN(CC)CC)c(Cl)cc1OCc1ccccc1F. The molecule has 0 atom stereocenters. The van der Waals surface area contributed by atoms with E-state index < -0.39 is 0 Å². The van der Waals surface area contributed by atoms with Gasteiger partial charge in [-0.15, -0.1) is 0 Å². The van der Waals surface area contributed by atoms with Gasteiger partial charge in [-0.3, -0.25) is 0 Å². The van der Waals surface area contributed by atoms with Crippen LogP contribution >= 0.6 is 11.6 Å². The van der Waals surface area contributed by atoms with Crippen molar-refractivity contribution in [1.29, 1.82) is 0 Å². The highest BCUT2D eigenvalue weighted by Crippen LogP contribution is 2.34. The van der Waals surface area contributed by atoms with E-state index in [9.17, 15) is 4.39 Å². The van der Waals surface area contributed by atoms with E-state index in [2.05, 4.69) is 24.1 Å². The predicted octanol–water partition coefficient (Wildman–Crippen LogP) is 4.89. The maximum absolute atomic E-state index is 13.8. The third kappa shape index (κ3) is 6.66. The Hall–Kier alpha value is -1.82. The fraction of sp³-hybridized carbons (Fsp3) is 0.455. The van der Waals surface area contributed by atoms with Gasteiger partial charge in [0.1, 0.15) is 12.4 Å². The average molecular weight is 409 g/mol. The first-order chi connectivity index (χ1) is 13.6. The lowest BCUT2D eigenvalue weighted by Crippen LogP contribution is -2.31. The number of benzene rings is 2. The Morgan fingerprint density at radius 1 is 1.00 bits per heavy atom. The van der Waals surface area contributed by atoms with Crippen LogP contribution in [-0.2, 0) is 13.2 Å². The van der Waals surface area contributed by atoms with Crippen molar-refractivity contribution in [3.63, 3.8) is 0 Å². The van der Waals surface area contributed by atoms with Crippen molar-refractivity contribution in [2.24, 2.45) is 0 Å². The molecular formula is C22H30ClFN2O2. The lowest BCUT2D eigenvalue weighted by atomic mass is 10.2. The van der Waals surface area contributed by atoms with E-state index >= 15 is 0 Å². The average Bonchev–Trinajstić information content (AvgIpc) is 2.70. The summed E-state index contributed by atoms with van der Waals surface area (Å²) >= 11 is 6.45. The van der Waals surface area contributed by atoms with E-state index in [-0.39, 0.29) is 12.4 Å². The van der Waals surface area contributed by atoms with Gasteiger partial charge in [0.05, 0.1) is 6.61 Å². The van der Waals surface area contributed by atoms with Gasteiger partial charge in [-0.25, -0.2) is 4.39 Å². The summed E-state index contributed by atoms with van der Waals surface area (Å²) in [4.78, 5) is 2.36. The van der Waals surface area contributed by atoms with Crippen LogP contribution in [0.25, 0.3) is 0 Å². The Morgan fingerprint density at radius 3 is 2.39 bits per heavy atom. The third-order valence-corrected chi connectivity index (χ3v) is 4.92. The number of nitrogens with one attached hydrogen (secondary N) is 1.